The molecule has 0 spiro atoms. The van der Waals surface area contributed by atoms with Crippen molar-refractivity contribution in [2.45, 2.75) is 39.5 Å². The molecule has 104 valence electrons. The molecule has 1 aliphatic carbocycles. The third-order valence-corrected chi connectivity index (χ3v) is 2.65. The van der Waals surface area contributed by atoms with E-state index in [-0.39, 0.29) is 0 Å². The van der Waals surface area contributed by atoms with Crippen LogP contribution in [0, 0.1) is 11.8 Å². The van der Waals surface area contributed by atoms with Crippen molar-refractivity contribution >= 4 is 11.9 Å². The van der Waals surface area contributed by atoms with Gasteiger partial charge in [-0.05, 0) is 11.8 Å². The van der Waals surface area contributed by atoms with Gasteiger partial charge in [-0.2, -0.15) is 0 Å². The lowest BCUT2D eigenvalue weighted by Gasteiger charge is -2.22. The summed E-state index contributed by atoms with van der Waals surface area (Å²) in [6.07, 6.45) is 7.56. The van der Waals surface area contributed by atoms with Crippen LogP contribution < -0.4 is 0 Å². The SMILES string of the molecule is C=CC(=O)O.C=CC(=O)O.CC1CCC(C)CC1. The quantitative estimate of drug-likeness (QED) is 0.743. The number of carboxylic acids is 2. The summed E-state index contributed by atoms with van der Waals surface area (Å²) in [5.41, 5.74) is 0. The van der Waals surface area contributed by atoms with E-state index in [1.807, 2.05) is 0 Å². The lowest BCUT2D eigenvalue weighted by atomic mass is 9.84. The standard InChI is InChI=1S/C8H16.2C3H4O2/c1-7-3-5-8(2)6-4-7;2*1-2-3(4)5/h7-8H,3-6H2,1-2H3;2*2H,1H2,(H,4,5). The van der Waals surface area contributed by atoms with Crippen molar-refractivity contribution in [3.63, 3.8) is 0 Å². The summed E-state index contributed by atoms with van der Waals surface area (Å²) < 4.78 is 0. The Labute approximate surface area is 109 Å². The molecular formula is C14H24O4. The Morgan fingerprint density at radius 3 is 1.17 bits per heavy atom. The van der Waals surface area contributed by atoms with E-state index >= 15 is 0 Å². The largest absolute Gasteiger partial charge is 0.478 e. The molecular weight excluding hydrogens is 232 g/mol. The molecule has 4 nitrogen and oxygen atoms in total. The maximum absolute atomic E-state index is 9.25. The van der Waals surface area contributed by atoms with Crippen molar-refractivity contribution in [3.05, 3.63) is 25.3 Å². The van der Waals surface area contributed by atoms with Gasteiger partial charge >= 0.3 is 11.9 Å². The summed E-state index contributed by atoms with van der Waals surface area (Å²) in [6, 6.07) is 0. The number of hydrogen-bond donors (Lipinski definition) is 2. The average Bonchev–Trinajstić information content (AvgIpc) is 2.34. The normalized spacial score (nSPS) is 21.2. The predicted molar refractivity (Wildman–Crippen MR) is 72.5 cm³/mol. The fourth-order valence-electron chi connectivity index (χ4n) is 1.43. The van der Waals surface area contributed by atoms with E-state index in [9.17, 15) is 9.59 Å². The Morgan fingerprint density at radius 1 is 0.889 bits per heavy atom. The van der Waals surface area contributed by atoms with E-state index in [0.29, 0.717) is 0 Å². The minimum atomic E-state index is -0.981. The summed E-state index contributed by atoms with van der Waals surface area (Å²) in [6.45, 7) is 10.7. The van der Waals surface area contributed by atoms with Crippen LogP contribution in [0.1, 0.15) is 39.5 Å². The van der Waals surface area contributed by atoms with Crippen LogP contribution in [0.25, 0.3) is 0 Å². The number of carboxylic acid groups (broad SMARTS) is 2. The molecule has 1 aliphatic rings. The van der Waals surface area contributed by atoms with Crippen LogP contribution in [-0.4, -0.2) is 22.2 Å². The van der Waals surface area contributed by atoms with Crippen LogP contribution in [0.15, 0.2) is 25.3 Å². The Balaban J connectivity index is 0. The van der Waals surface area contributed by atoms with Crippen LogP contribution in [-0.2, 0) is 9.59 Å². The second kappa shape index (κ2) is 11.9. The molecule has 1 rings (SSSR count). The maximum atomic E-state index is 9.25. The Hall–Kier alpha value is -1.58. The summed E-state index contributed by atoms with van der Waals surface area (Å²) in [5, 5.41) is 15.2. The van der Waals surface area contributed by atoms with Crippen LogP contribution >= 0.6 is 0 Å². The monoisotopic (exact) mass is 256 g/mol. The van der Waals surface area contributed by atoms with Gasteiger partial charge in [-0.3, -0.25) is 0 Å². The molecule has 2 N–H and O–H groups in total. The molecule has 0 bridgehead atoms. The smallest absolute Gasteiger partial charge is 0.327 e. The summed E-state index contributed by atoms with van der Waals surface area (Å²) >= 11 is 0. The molecule has 1 saturated carbocycles. The van der Waals surface area contributed by atoms with Gasteiger partial charge in [0.05, 0.1) is 0 Å². The highest BCUT2D eigenvalue weighted by molar-refractivity contribution is 5.79. The first-order valence-electron chi connectivity index (χ1n) is 6.04. The van der Waals surface area contributed by atoms with Gasteiger partial charge in [0.2, 0.25) is 0 Å². The first-order chi connectivity index (χ1) is 8.33. The van der Waals surface area contributed by atoms with Gasteiger partial charge in [0.15, 0.2) is 0 Å². The lowest BCUT2D eigenvalue weighted by Crippen LogP contribution is -2.08. The second-order valence-corrected chi connectivity index (χ2v) is 4.45. The molecule has 0 aromatic heterocycles. The molecule has 0 atom stereocenters. The molecule has 0 heterocycles. The van der Waals surface area contributed by atoms with Crippen molar-refractivity contribution in [2.24, 2.45) is 11.8 Å². The van der Waals surface area contributed by atoms with Gasteiger partial charge in [-0.15, -0.1) is 0 Å². The molecule has 1 fully saturated rings. The van der Waals surface area contributed by atoms with Crippen LogP contribution in [0.5, 0.6) is 0 Å². The molecule has 0 aromatic carbocycles. The first kappa shape index (κ1) is 18.8. The van der Waals surface area contributed by atoms with Crippen molar-refractivity contribution < 1.29 is 19.8 Å². The topological polar surface area (TPSA) is 74.6 Å². The number of rotatable bonds is 2. The summed E-state index contributed by atoms with van der Waals surface area (Å²) in [4.78, 5) is 18.5. The molecule has 0 aliphatic heterocycles. The van der Waals surface area contributed by atoms with Crippen LogP contribution in [0.4, 0.5) is 0 Å². The van der Waals surface area contributed by atoms with E-state index in [1.54, 1.807) is 0 Å². The minimum absolute atomic E-state index is 0.833. The highest BCUT2D eigenvalue weighted by atomic mass is 16.4. The zero-order valence-corrected chi connectivity index (χ0v) is 11.3. The maximum Gasteiger partial charge on any atom is 0.327 e. The van der Waals surface area contributed by atoms with E-state index < -0.39 is 11.9 Å². The van der Waals surface area contributed by atoms with E-state index in [0.717, 1.165) is 24.0 Å². The van der Waals surface area contributed by atoms with Crippen LogP contribution in [0.3, 0.4) is 0 Å². The van der Waals surface area contributed by atoms with E-state index in [2.05, 4.69) is 27.0 Å². The van der Waals surface area contributed by atoms with Crippen molar-refractivity contribution in [2.75, 3.05) is 0 Å². The van der Waals surface area contributed by atoms with Gasteiger partial charge in [0, 0.05) is 12.2 Å². The Morgan fingerprint density at radius 2 is 1.06 bits per heavy atom. The first-order valence-corrected chi connectivity index (χ1v) is 6.04. The molecule has 4 heteroatoms. The molecule has 18 heavy (non-hydrogen) atoms. The zero-order chi connectivity index (χ0) is 14.6. The highest BCUT2D eigenvalue weighted by Crippen LogP contribution is 2.27. The lowest BCUT2D eigenvalue weighted by molar-refractivity contribution is -0.132. The number of hydrogen-bond acceptors (Lipinski definition) is 2. The third kappa shape index (κ3) is 16.8. The Bertz CT molecular complexity index is 235. The zero-order valence-electron chi connectivity index (χ0n) is 11.3. The second-order valence-electron chi connectivity index (χ2n) is 4.45. The molecule has 0 radical (unpaired) electrons. The van der Waals surface area contributed by atoms with Crippen LogP contribution in [0.2, 0.25) is 0 Å². The molecule has 0 amide bonds. The molecule has 0 aromatic rings. The van der Waals surface area contributed by atoms with Gasteiger partial charge in [-0.25, -0.2) is 9.59 Å². The number of aliphatic carboxylic acids is 2. The fraction of sp³-hybridized carbons (Fsp3) is 0.571. The third-order valence-electron chi connectivity index (χ3n) is 2.65. The van der Waals surface area contributed by atoms with Crippen molar-refractivity contribution in [1.82, 2.24) is 0 Å². The highest BCUT2D eigenvalue weighted by Gasteiger charge is 2.13. The van der Waals surface area contributed by atoms with Gasteiger partial charge in [-0.1, -0.05) is 52.7 Å². The minimum Gasteiger partial charge on any atom is -0.478 e. The van der Waals surface area contributed by atoms with Crippen molar-refractivity contribution in [3.8, 4) is 0 Å². The summed E-state index contributed by atoms with van der Waals surface area (Å²) in [5.74, 6) is 0.0763. The van der Waals surface area contributed by atoms with Crippen molar-refractivity contribution in [1.29, 1.82) is 0 Å². The van der Waals surface area contributed by atoms with E-state index in [4.69, 9.17) is 10.2 Å². The predicted octanol–water partition coefficient (Wildman–Crippen LogP) is 3.35. The molecule has 0 unspecified atom stereocenters. The summed E-state index contributed by atoms with van der Waals surface area (Å²) in [7, 11) is 0. The Kier molecular flexibility index (Phi) is 12.4. The average molecular weight is 256 g/mol. The fourth-order valence-corrected chi connectivity index (χ4v) is 1.43. The molecule has 0 saturated heterocycles. The number of carbonyl (C=O) groups is 2. The van der Waals surface area contributed by atoms with E-state index in [1.165, 1.54) is 25.7 Å². The van der Waals surface area contributed by atoms with Gasteiger partial charge < -0.3 is 10.2 Å². The van der Waals surface area contributed by atoms with Gasteiger partial charge in [0.25, 0.3) is 0 Å². The van der Waals surface area contributed by atoms with Gasteiger partial charge in [0.1, 0.15) is 0 Å².